The van der Waals surface area contributed by atoms with Crippen molar-refractivity contribution in [2.75, 3.05) is 17.3 Å². The third kappa shape index (κ3) is 9.05. The van der Waals surface area contributed by atoms with E-state index in [-0.39, 0.29) is 0 Å². The number of unbranched alkanes of at least 4 members (excludes halogenated alkanes) is 3. The third-order valence-corrected chi connectivity index (χ3v) is 14.0. The monoisotopic (exact) mass is 570 g/mol. The number of thioether (sulfide) groups is 3. The van der Waals surface area contributed by atoms with Crippen LogP contribution in [-0.4, -0.2) is 31.9 Å². The second kappa shape index (κ2) is 16.1. The first-order valence-electron chi connectivity index (χ1n) is 12.7. The molecular weight excluding hydrogens is 531 g/mol. The molecule has 3 rings (SSSR count). The summed E-state index contributed by atoms with van der Waals surface area (Å²) in [5.41, 5.74) is 0. The normalized spacial score (nSPS) is 11.3. The first-order valence-corrected chi connectivity index (χ1v) is 18.5. The Labute approximate surface area is 225 Å². The van der Waals surface area contributed by atoms with Crippen molar-refractivity contribution < 1.29 is 0 Å². The van der Waals surface area contributed by atoms with Gasteiger partial charge in [0.15, 0.2) is 0 Å². The molecule has 182 valence electrons. The summed E-state index contributed by atoms with van der Waals surface area (Å²) in [6.45, 7) is 6.80. The van der Waals surface area contributed by atoms with E-state index in [0.29, 0.717) is 0 Å². The van der Waals surface area contributed by atoms with Gasteiger partial charge in [0.05, 0.1) is 0 Å². The number of benzene rings is 3. The Morgan fingerprint density at radius 2 is 0.706 bits per heavy atom. The Bertz CT molecular complexity index is 809. The molecule has 0 fully saturated rings. The molecule has 0 saturated heterocycles. The molecule has 0 radical (unpaired) electrons. The van der Waals surface area contributed by atoms with Crippen LogP contribution in [0.3, 0.4) is 0 Å². The quantitative estimate of drug-likeness (QED) is 0.104. The van der Waals surface area contributed by atoms with Crippen molar-refractivity contribution in [3.8, 4) is 0 Å². The zero-order valence-corrected chi connectivity index (χ0v) is 25.3. The van der Waals surface area contributed by atoms with Crippen molar-refractivity contribution in [1.29, 1.82) is 0 Å². The molecule has 0 aromatic heterocycles. The van der Waals surface area contributed by atoms with E-state index < -0.39 is 14.7 Å². The summed E-state index contributed by atoms with van der Waals surface area (Å²) in [6, 6.07) is 28.5. The molecule has 34 heavy (non-hydrogen) atoms. The fourth-order valence-corrected chi connectivity index (χ4v) is 11.2. The summed E-state index contributed by atoms with van der Waals surface area (Å²) in [5, 5.41) is 0. The average molecular weight is 571 g/mol. The molecule has 0 aliphatic carbocycles. The van der Waals surface area contributed by atoms with Crippen molar-refractivity contribution in [1.82, 2.24) is 0 Å². The topological polar surface area (TPSA) is 0 Å². The van der Waals surface area contributed by atoms with Crippen LogP contribution >= 0.6 is 35.3 Å². The second-order valence-corrected chi connectivity index (χ2v) is 16.6. The minimum absolute atomic E-state index is 1.21. The molecule has 3 aromatic rings. The van der Waals surface area contributed by atoms with Crippen molar-refractivity contribution >= 4 is 63.0 Å². The van der Waals surface area contributed by atoms with Gasteiger partial charge in [-0.05, 0) is 0 Å². The zero-order valence-electron chi connectivity index (χ0n) is 21.0. The Kier molecular flexibility index (Phi) is 13.2. The molecule has 0 saturated carbocycles. The molecule has 0 unspecified atom stereocenters. The number of hydrogen-bond donors (Lipinski definition) is 0. The van der Waals surface area contributed by atoms with Gasteiger partial charge < -0.3 is 0 Å². The zero-order chi connectivity index (χ0) is 24.0. The first kappa shape index (κ1) is 27.8. The summed E-state index contributed by atoms with van der Waals surface area (Å²) in [5.74, 6) is 3.64. The summed E-state index contributed by atoms with van der Waals surface area (Å²) in [7, 11) is 0. The van der Waals surface area contributed by atoms with E-state index >= 15 is 0 Å². The maximum atomic E-state index is 2.40. The Morgan fingerprint density at radius 3 is 0.941 bits per heavy atom. The van der Waals surface area contributed by atoms with E-state index in [9.17, 15) is 0 Å². The predicted octanol–water partition coefficient (Wildman–Crippen LogP) is 7.88. The molecule has 3 aromatic carbocycles. The Hall–Kier alpha value is -0.732. The first-order chi connectivity index (χ1) is 16.7. The molecule has 0 aliphatic heterocycles. The van der Waals surface area contributed by atoms with E-state index in [1.807, 2.05) is 35.3 Å². The standard InChI is InChI=1S/C30H39AsS3/c1-4-7-22-32-28-16-10-25(11-17-28)31(26-12-18-29(19-13-26)33-23-8-5-2)27-14-20-30(21-15-27)34-24-9-6-3/h10-21H,4-9,22-24H2,1-3H3. The van der Waals surface area contributed by atoms with E-state index in [4.69, 9.17) is 0 Å². The van der Waals surface area contributed by atoms with Crippen molar-refractivity contribution in [2.45, 2.75) is 74.0 Å². The van der Waals surface area contributed by atoms with E-state index in [1.165, 1.54) is 83.5 Å². The molecule has 4 heteroatoms. The molecule has 0 amide bonds. The van der Waals surface area contributed by atoms with Gasteiger partial charge in [-0.3, -0.25) is 0 Å². The summed E-state index contributed by atoms with van der Waals surface area (Å²) in [4.78, 5) is 4.20. The van der Waals surface area contributed by atoms with Gasteiger partial charge in [-0.25, -0.2) is 0 Å². The summed E-state index contributed by atoms with van der Waals surface area (Å²) in [6.07, 6.45) is 7.65. The van der Waals surface area contributed by atoms with Crippen LogP contribution in [-0.2, 0) is 0 Å². The van der Waals surface area contributed by atoms with Gasteiger partial charge >= 0.3 is 227 Å². The van der Waals surface area contributed by atoms with Crippen LogP contribution in [0.25, 0.3) is 0 Å². The van der Waals surface area contributed by atoms with Gasteiger partial charge in [-0.15, -0.1) is 0 Å². The van der Waals surface area contributed by atoms with Gasteiger partial charge in [-0.2, -0.15) is 0 Å². The van der Waals surface area contributed by atoms with Crippen molar-refractivity contribution in [2.24, 2.45) is 0 Å². The van der Waals surface area contributed by atoms with Crippen LogP contribution in [0.15, 0.2) is 87.5 Å². The van der Waals surface area contributed by atoms with Crippen LogP contribution in [0.4, 0.5) is 0 Å². The van der Waals surface area contributed by atoms with Gasteiger partial charge in [0.2, 0.25) is 0 Å². The predicted molar refractivity (Wildman–Crippen MR) is 161 cm³/mol. The second-order valence-electron chi connectivity index (χ2n) is 8.42. The fourth-order valence-electron chi connectivity index (χ4n) is 3.52. The summed E-state index contributed by atoms with van der Waals surface area (Å²) < 4.78 is 4.56. The molecule has 0 spiro atoms. The molecule has 0 heterocycles. The molecule has 0 aliphatic rings. The Balaban J connectivity index is 1.83. The van der Waals surface area contributed by atoms with E-state index in [2.05, 4.69) is 93.6 Å². The molecule has 0 N–H and O–H groups in total. The maximum absolute atomic E-state index is 2.40. The minimum atomic E-state index is -1.59. The van der Waals surface area contributed by atoms with Crippen molar-refractivity contribution in [3.05, 3.63) is 72.8 Å². The Morgan fingerprint density at radius 1 is 0.441 bits per heavy atom. The van der Waals surface area contributed by atoms with E-state index in [0.717, 1.165) is 0 Å². The SMILES string of the molecule is CCCCSc1ccc([As](c2ccc(SCCCC)cc2)c2ccc(SCCCC)cc2)cc1. The molecule has 0 nitrogen and oxygen atoms in total. The molecule has 0 atom stereocenters. The third-order valence-electron chi connectivity index (χ3n) is 5.58. The molecule has 0 bridgehead atoms. The average Bonchev–Trinajstić information content (AvgIpc) is 2.87. The van der Waals surface area contributed by atoms with Gasteiger partial charge in [0, 0.05) is 0 Å². The van der Waals surface area contributed by atoms with Crippen LogP contribution in [0.5, 0.6) is 0 Å². The summed E-state index contributed by atoms with van der Waals surface area (Å²) >= 11 is 4.39. The fraction of sp³-hybridized carbons (Fsp3) is 0.400. The van der Waals surface area contributed by atoms with E-state index in [1.54, 1.807) is 0 Å². The molecular formula is C30H39AsS3. The number of rotatable bonds is 15. The van der Waals surface area contributed by atoms with Crippen LogP contribution in [0, 0.1) is 0 Å². The van der Waals surface area contributed by atoms with Crippen LogP contribution < -0.4 is 13.1 Å². The van der Waals surface area contributed by atoms with Gasteiger partial charge in [-0.1, -0.05) is 0 Å². The van der Waals surface area contributed by atoms with Crippen molar-refractivity contribution in [3.63, 3.8) is 0 Å². The number of hydrogen-bond acceptors (Lipinski definition) is 3. The van der Waals surface area contributed by atoms with Gasteiger partial charge in [0.1, 0.15) is 0 Å². The van der Waals surface area contributed by atoms with Crippen LogP contribution in [0.1, 0.15) is 59.3 Å². The van der Waals surface area contributed by atoms with Crippen LogP contribution in [0.2, 0.25) is 0 Å². The van der Waals surface area contributed by atoms with Gasteiger partial charge in [0.25, 0.3) is 0 Å².